The molecule has 172 valence electrons. The summed E-state index contributed by atoms with van der Waals surface area (Å²) in [6.45, 7) is 11.3. The van der Waals surface area contributed by atoms with Crippen molar-refractivity contribution in [2.75, 3.05) is 37.8 Å². The van der Waals surface area contributed by atoms with Crippen LogP contribution in [0.5, 0.6) is 5.88 Å². The van der Waals surface area contributed by atoms with Crippen molar-refractivity contribution in [3.8, 4) is 5.88 Å². The topological polar surface area (TPSA) is 78.8 Å². The molecule has 2 aromatic rings. The summed E-state index contributed by atoms with van der Waals surface area (Å²) in [7, 11) is -0.496. The average Bonchev–Trinajstić information content (AvgIpc) is 2.97. The van der Waals surface area contributed by atoms with Gasteiger partial charge in [0.2, 0.25) is 5.88 Å². The molecular weight excluding hydrogens is 454 g/mol. The van der Waals surface area contributed by atoms with Gasteiger partial charge in [-0.2, -0.15) is 5.10 Å². The van der Waals surface area contributed by atoms with Gasteiger partial charge in [-0.05, 0) is 39.8 Å². The third-order valence-corrected chi connectivity index (χ3v) is 6.61. The molecule has 2 aromatic heterocycles. The van der Waals surface area contributed by atoms with E-state index in [0.717, 1.165) is 24.2 Å². The van der Waals surface area contributed by atoms with E-state index in [1.807, 2.05) is 33.8 Å². The number of ether oxygens (including phenoxy) is 2. The van der Waals surface area contributed by atoms with Gasteiger partial charge in [-0.3, -0.25) is 0 Å². The Morgan fingerprint density at radius 2 is 1.75 bits per heavy atom. The van der Waals surface area contributed by atoms with Crippen LogP contribution in [-0.2, 0) is 20.5 Å². The van der Waals surface area contributed by atoms with Gasteiger partial charge in [-0.15, -0.1) is 5.10 Å². The molecule has 0 unspecified atom stereocenters. The van der Waals surface area contributed by atoms with E-state index in [0.29, 0.717) is 42.8 Å². The summed E-state index contributed by atoms with van der Waals surface area (Å²) in [5.74, 6) is 0.533. The van der Waals surface area contributed by atoms with Crippen LogP contribution in [0, 0.1) is 0 Å². The van der Waals surface area contributed by atoms with E-state index in [9.17, 15) is 0 Å². The first kappa shape index (κ1) is 23.5. The minimum absolute atomic E-state index is 0.259. The van der Waals surface area contributed by atoms with Gasteiger partial charge in [0.1, 0.15) is 0 Å². The minimum atomic E-state index is -0.496. The molecular formula is C21H27BCl2N4O4. The SMILES string of the molecule is CC1(C)OB(c2cnc(OCCc3nnc(Cl)cc3Cl)c(N3CCOCC3)c2)OC1(C)C. The smallest absolute Gasteiger partial charge is 0.476 e. The molecule has 2 aliphatic heterocycles. The Labute approximate surface area is 198 Å². The van der Waals surface area contributed by atoms with Crippen LogP contribution in [0.15, 0.2) is 18.3 Å². The van der Waals surface area contributed by atoms with Crippen molar-refractivity contribution >= 4 is 41.5 Å². The van der Waals surface area contributed by atoms with Gasteiger partial charge in [0, 0.05) is 31.2 Å². The van der Waals surface area contributed by atoms with Gasteiger partial charge in [0.25, 0.3) is 0 Å². The standard InChI is InChI=1S/C21H27BCl2N4O4/c1-20(2)21(3,4)32-22(31-20)14-11-17(28-6-9-29-10-7-28)19(25-13-14)30-8-5-16-15(23)12-18(24)27-26-16/h11-13H,5-10H2,1-4H3. The van der Waals surface area contributed by atoms with Crippen molar-refractivity contribution in [1.82, 2.24) is 15.2 Å². The van der Waals surface area contributed by atoms with Crippen LogP contribution in [0.4, 0.5) is 5.69 Å². The fourth-order valence-electron chi connectivity index (χ4n) is 3.49. The molecule has 4 heterocycles. The fraction of sp³-hybridized carbons (Fsp3) is 0.571. The van der Waals surface area contributed by atoms with Crippen LogP contribution in [0.3, 0.4) is 0 Å². The predicted molar refractivity (Wildman–Crippen MR) is 124 cm³/mol. The molecule has 4 rings (SSSR count). The zero-order valence-electron chi connectivity index (χ0n) is 18.7. The number of nitrogens with zero attached hydrogens (tertiary/aromatic N) is 4. The normalized spacial score (nSPS) is 19.9. The van der Waals surface area contributed by atoms with Crippen LogP contribution in [-0.4, -0.2) is 66.4 Å². The highest BCUT2D eigenvalue weighted by molar-refractivity contribution is 6.62. The molecule has 0 atom stereocenters. The molecule has 0 spiro atoms. The minimum Gasteiger partial charge on any atom is -0.476 e. The molecule has 2 aliphatic rings. The van der Waals surface area contributed by atoms with Gasteiger partial charge in [0.05, 0.1) is 47.4 Å². The highest BCUT2D eigenvalue weighted by atomic mass is 35.5. The highest BCUT2D eigenvalue weighted by Gasteiger charge is 2.52. The van der Waals surface area contributed by atoms with Crippen LogP contribution in [0.2, 0.25) is 10.2 Å². The van der Waals surface area contributed by atoms with Gasteiger partial charge >= 0.3 is 7.12 Å². The molecule has 11 heteroatoms. The lowest BCUT2D eigenvalue weighted by molar-refractivity contribution is 0.00578. The van der Waals surface area contributed by atoms with Crippen LogP contribution < -0.4 is 15.1 Å². The Bertz CT molecular complexity index is 957. The summed E-state index contributed by atoms with van der Waals surface area (Å²) in [4.78, 5) is 6.81. The van der Waals surface area contributed by atoms with E-state index < -0.39 is 18.3 Å². The monoisotopic (exact) mass is 480 g/mol. The van der Waals surface area contributed by atoms with E-state index >= 15 is 0 Å². The van der Waals surface area contributed by atoms with Crippen molar-refractivity contribution < 1.29 is 18.8 Å². The van der Waals surface area contributed by atoms with E-state index in [2.05, 4.69) is 20.1 Å². The molecule has 0 aliphatic carbocycles. The number of hydrogen-bond donors (Lipinski definition) is 0. The Morgan fingerprint density at radius 1 is 1.06 bits per heavy atom. The first-order valence-electron chi connectivity index (χ1n) is 10.6. The second-order valence-corrected chi connectivity index (χ2v) is 9.64. The lowest BCUT2D eigenvalue weighted by Gasteiger charge is -2.32. The second kappa shape index (κ2) is 9.31. The second-order valence-electron chi connectivity index (χ2n) is 8.84. The Morgan fingerprint density at radius 3 is 2.41 bits per heavy atom. The van der Waals surface area contributed by atoms with E-state index in [-0.39, 0.29) is 5.15 Å². The predicted octanol–water partition coefficient (Wildman–Crippen LogP) is 2.94. The van der Waals surface area contributed by atoms with Gasteiger partial charge in [-0.1, -0.05) is 23.2 Å². The summed E-state index contributed by atoms with van der Waals surface area (Å²) < 4.78 is 24.0. The maximum Gasteiger partial charge on any atom is 0.496 e. The number of aromatic nitrogens is 3. The third kappa shape index (κ3) is 4.97. The van der Waals surface area contributed by atoms with Crippen molar-refractivity contribution in [3.63, 3.8) is 0 Å². The molecule has 0 saturated carbocycles. The molecule has 0 aromatic carbocycles. The fourth-order valence-corrected chi connectivity index (χ4v) is 3.93. The number of hydrogen-bond acceptors (Lipinski definition) is 8. The van der Waals surface area contributed by atoms with Crippen molar-refractivity contribution in [2.45, 2.75) is 45.3 Å². The van der Waals surface area contributed by atoms with E-state index in [1.54, 1.807) is 12.3 Å². The zero-order chi connectivity index (χ0) is 22.9. The first-order valence-corrected chi connectivity index (χ1v) is 11.4. The number of halogens is 2. The number of pyridine rings is 1. The molecule has 0 bridgehead atoms. The molecule has 2 saturated heterocycles. The maximum atomic E-state index is 6.21. The Kier molecular flexibility index (Phi) is 6.84. The summed E-state index contributed by atoms with van der Waals surface area (Å²) >= 11 is 12.0. The van der Waals surface area contributed by atoms with E-state index in [1.165, 1.54) is 0 Å². The quantitative estimate of drug-likeness (QED) is 0.584. The summed E-state index contributed by atoms with van der Waals surface area (Å²) in [5.41, 5.74) is 1.51. The number of anilines is 1. The Balaban J connectivity index is 1.53. The van der Waals surface area contributed by atoms with Gasteiger partial charge in [-0.25, -0.2) is 4.98 Å². The van der Waals surface area contributed by atoms with Crippen LogP contribution >= 0.6 is 23.2 Å². The van der Waals surface area contributed by atoms with E-state index in [4.69, 9.17) is 42.0 Å². The van der Waals surface area contributed by atoms with Crippen molar-refractivity contribution in [2.24, 2.45) is 0 Å². The molecule has 2 fully saturated rings. The van der Waals surface area contributed by atoms with Crippen molar-refractivity contribution in [3.05, 3.63) is 34.2 Å². The van der Waals surface area contributed by atoms with Gasteiger partial charge < -0.3 is 23.7 Å². The van der Waals surface area contributed by atoms with Crippen LogP contribution in [0.25, 0.3) is 0 Å². The average molecular weight is 481 g/mol. The molecule has 0 radical (unpaired) electrons. The highest BCUT2D eigenvalue weighted by Crippen LogP contribution is 2.37. The summed E-state index contributed by atoms with van der Waals surface area (Å²) in [5, 5.41) is 8.61. The number of morpholine rings is 1. The molecule has 32 heavy (non-hydrogen) atoms. The van der Waals surface area contributed by atoms with Crippen LogP contribution in [0.1, 0.15) is 33.4 Å². The number of rotatable bonds is 6. The molecule has 0 N–H and O–H groups in total. The Hall–Kier alpha value is -1.65. The summed E-state index contributed by atoms with van der Waals surface area (Å²) in [6.07, 6.45) is 2.22. The molecule has 0 amide bonds. The maximum absolute atomic E-state index is 6.21. The zero-order valence-corrected chi connectivity index (χ0v) is 20.2. The van der Waals surface area contributed by atoms with Gasteiger partial charge in [0.15, 0.2) is 5.15 Å². The lowest BCUT2D eigenvalue weighted by atomic mass is 9.80. The largest absolute Gasteiger partial charge is 0.496 e. The summed E-state index contributed by atoms with van der Waals surface area (Å²) in [6, 6.07) is 3.60. The molecule has 8 nitrogen and oxygen atoms in total. The van der Waals surface area contributed by atoms with Crippen molar-refractivity contribution in [1.29, 1.82) is 0 Å². The third-order valence-electron chi connectivity index (χ3n) is 6.10. The lowest BCUT2D eigenvalue weighted by Crippen LogP contribution is -2.41. The first-order chi connectivity index (χ1) is 15.2.